The molecule has 3 rings (SSSR count). The number of sulfone groups is 1. The van der Waals surface area contributed by atoms with Crippen LogP contribution in [0.2, 0.25) is 0 Å². The number of rotatable bonds is 1. The third-order valence-electron chi connectivity index (χ3n) is 3.35. The van der Waals surface area contributed by atoms with Crippen LogP contribution < -0.4 is 0 Å². The minimum Gasteiger partial charge on any atom is -0.336 e. The van der Waals surface area contributed by atoms with E-state index in [-0.39, 0.29) is 36.3 Å². The molecular weight excluding hydrogens is 301 g/mol. The molecule has 0 spiro atoms. The first-order valence-electron chi connectivity index (χ1n) is 6.14. The molecule has 106 valence electrons. The quantitative estimate of drug-likeness (QED) is 0.808. The number of hydrogen-bond acceptors (Lipinski definition) is 4. The molecule has 0 atom stereocenters. The van der Waals surface area contributed by atoms with Gasteiger partial charge in [-0.2, -0.15) is 0 Å². The van der Waals surface area contributed by atoms with Crippen LogP contribution in [0.25, 0.3) is 10.1 Å². The number of thiophene rings is 1. The fraction of sp³-hybridized carbons (Fsp3) is 0.308. The van der Waals surface area contributed by atoms with Gasteiger partial charge < -0.3 is 4.90 Å². The number of fused-ring (bicyclic) bond motifs is 1. The van der Waals surface area contributed by atoms with Crippen molar-refractivity contribution in [3.63, 3.8) is 0 Å². The highest BCUT2D eigenvalue weighted by molar-refractivity contribution is 7.91. The minimum atomic E-state index is -3.01. The molecule has 1 aromatic carbocycles. The molecule has 2 heterocycles. The molecule has 1 fully saturated rings. The van der Waals surface area contributed by atoms with Gasteiger partial charge in [0.15, 0.2) is 9.84 Å². The number of halogens is 1. The van der Waals surface area contributed by atoms with Crippen molar-refractivity contribution < 1.29 is 17.6 Å². The van der Waals surface area contributed by atoms with Gasteiger partial charge >= 0.3 is 0 Å². The van der Waals surface area contributed by atoms with Crippen LogP contribution in [0.4, 0.5) is 4.39 Å². The van der Waals surface area contributed by atoms with Crippen molar-refractivity contribution in [1.29, 1.82) is 0 Å². The zero-order chi connectivity index (χ0) is 14.3. The number of carbonyl (C=O) groups is 1. The number of benzene rings is 1. The molecule has 0 unspecified atom stereocenters. The standard InChI is InChI=1S/C13H12FNO3S2/c14-10-2-1-3-11-9(10)8-12(19-11)13(16)15-4-6-20(17,18)7-5-15/h1-3,8H,4-7H2. The van der Waals surface area contributed by atoms with E-state index in [1.807, 2.05) is 0 Å². The van der Waals surface area contributed by atoms with Crippen LogP contribution in [0.1, 0.15) is 9.67 Å². The Balaban J connectivity index is 1.88. The van der Waals surface area contributed by atoms with Gasteiger partial charge in [-0.1, -0.05) is 6.07 Å². The summed E-state index contributed by atoms with van der Waals surface area (Å²) in [6.07, 6.45) is 0. The molecule has 1 aliphatic heterocycles. The predicted molar refractivity (Wildman–Crippen MR) is 76.3 cm³/mol. The van der Waals surface area contributed by atoms with Crippen LogP contribution in [-0.4, -0.2) is 43.8 Å². The SMILES string of the molecule is O=C(c1cc2c(F)cccc2s1)N1CCS(=O)(=O)CC1. The lowest BCUT2D eigenvalue weighted by molar-refractivity contribution is 0.0775. The first-order chi connectivity index (χ1) is 9.46. The Morgan fingerprint density at radius 1 is 1.25 bits per heavy atom. The first kappa shape index (κ1) is 13.5. The number of nitrogens with zero attached hydrogens (tertiary/aromatic N) is 1. The molecule has 0 bridgehead atoms. The Morgan fingerprint density at radius 3 is 2.60 bits per heavy atom. The molecule has 0 radical (unpaired) electrons. The maximum absolute atomic E-state index is 13.6. The highest BCUT2D eigenvalue weighted by Gasteiger charge is 2.26. The molecule has 1 aliphatic rings. The van der Waals surface area contributed by atoms with Crippen molar-refractivity contribution in [2.75, 3.05) is 24.6 Å². The maximum atomic E-state index is 13.6. The summed E-state index contributed by atoms with van der Waals surface area (Å²) in [5.41, 5.74) is 0. The monoisotopic (exact) mass is 313 g/mol. The van der Waals surface area contributed by atoms with E-state index in [0.29, 0.717) is 10.3 Å². The van der Waals surface area contributed by atoms with E-state index < -0.39 is 9.84 Å². The van der Waals surface area contributed by atoms with Crippen molar-refractivity contribution in [2.24, 2.45) is 0 Å². The van der Waals surface area contributed by atoms with Crippen LogP contribution >= 0.6 is 11.3 Å². The smallest absolute Gasteiger partial charge is 0.264 e. The normalized spacial score (nSPS) is 18.4. The Hall–Kier alpha value is -1.47. The summed E-state index contributed by atoms with van der Waals surface area (Å²) in [5.74, 6) is -0.574. The zero-order valence-corrected chi connectivity index (χ0v) is 12.1. The van der Waals surface area contributed by atoms with Crippen LogP contribution in [0, 0.1) is 5.82 Å². The molecule has 1 aromatic heterocycles. The first-order valence-corrected chi connectivity index (χ1v) is 8.78. The molecule has 4 nitrogen and oxygen atoms in total. The number of carbonyl (C=O) groups excluding carboxylic acids is 1. The van der Waals surface area contributed by atoms with Crippen molar-refractivity contribution in [1.82, 2.24) is 4.90 Å². The highest BCUT2D eigenvalue weighted by Crippen LogP contribution is 2.28. The molecule has 0 saturated carbocycles. The summed E-state index contributed by atoms with van der Waals surface area (Å²) < 4.78 is 37.0. The molecule has 0 N–H and O–H groups in total. The molecule has 1 saturated heterocycles. The van der Waals surface area contributed by atoms with Crippen molar-refractivity contribution in [3.05, 3.63) is 35.0 Å². The van der Waals surface area contributed by atoms with Gasteiger partial charge in [-0.25, -0.2) is 12.8 Å². The van der Waals surface area contributed by atoms with Gasteiger partial charge in [-0.05, 0) is 18.2 Å². The Morgan fingerprint density at radius 2 is 1.95 bits per heavy atom. The second kappa shape index (κ2) is 4.82. The van der Waals surface area contributed by atoms with Crippen molar-refractivity contribution in [2.45, 2.75) is 0 Å². The second-order valence-electron chi connectivity index (χ2n) is 4.71. The second-order valence-corrected chi connectivity index (χ2v) is 8.09. The van der Waals surface area contributed by atoms with Crippen LogP contribution in [0.15, 0.2) is 24.3 Å². The molecule has 20 heavy (non-hydrogen) atoms. The van der Waals surface area contributed by atoms with Gasteiger partial charge in [-0.3, -0.25) is 4.79 Å². The van der Waals surface area contributed by atoms with Gasteiger partial charge in [0, 0.05) is 23.2 Å². The molecular formula is C13H12FNO3S2. The number of hydrogen-bond donors (Lipinski definition) is 0. The van der Waals surface area contributed by atoms with E-state index in [4.69, 9.17) is 0 Å². The van der Waals surface area contributed by atoms with E-state index in [2.05, 4.69) is 0 Å². The lowest BCUT2D eigenvalue weighted by Crippen LogP contribution is -2.43. The predicted octanol–water partition coefficient (Wildman–Crippen LogP) is 1.91. The fourth-order valence-corrected chi connectivity index (χ4v) is 4.45. The van der Waals surface area contributed by atoms with Crippen LogP contribution in [-0.2, 0) is 9.84 Å². The van der Waals surface area contributed by atoms with Gasteiger partial charge in [0.05, 0.1) is 16.4 Å². The number of amides is 1. The Kier molecular flexibility index (Phi) is 3.25. The largest absolute Gasteiger partial charge is 0.336 e. The maximum Gasteiger partial charge on any atom is 0.264 e. The lowest BCUT2D eigenvalue weighted by atomic mass is 10.2. The average molecular weight is 313 g/mol. The summed E-state index contributed by atoms with van der Waals surface area (Å²) >= 11 is 1.23. The van der Waals surface area contributed by atoms with Gasteiger partial charge in [0.2, 0.25) is 0 Å². The van der Waals surface area contributed by atoms with Gasteiger partial charge in [0.25, 0.3) is 5.91 Å². The van der Waals surface area contributed by atoms with Crippen LogP contribution in [0.5, 0.6) is 0 Å². The topological polar surface area (TPSA) is 54.5 Å². The fourth-order valence-electron chi connectivity index (χ4n) is 2.20. The molecule has 7 heteroatoms. The molecule has 0 aliphatic carbocycles. The third-order valence-corrected chi connectivity index (χ3v) is 6.05. The van der Waals surface area contributed by atoms with E-state index in [9.17, 15) is 17.6 Å². The Bertz CT molecular complexity index is 768. The van der Waals surface area contributed by atoms with Crippen molar-refractivity contribution >= 4 is 37.2 Å². The van der Waals surface area contributed by atoms with E-state index >= 15 is 0 Å². The Labute approximate surface area is 119 Å². The average Bonchev–Trinajstić information content (AvgIpc) is 2.83. The summed E-state index contributed by atoms with van der Waals surface area (Å²) in [6.45, 7) is 0.412. The molecule has 2 aromatic rings. The summed E-state index contributed by atoms with van der Waals surface area (Å²) in [7, 11) is -3.01. The van der Waals surface area contributed by atoms with Crippen LogP contribution in [0.3, 0.4) is 0 Å². The van der Waals surface area contributed by atoms with Gasteiger partial charge in [0.1, 0.15) is 5.82 Å². The van der Waals surface area contributed by atoms with Gasteiger partial charge in [-0.15, -0.1) is 11.3 Å². The third kappa shape index (κ3) is 2.43. The highest BCUT2D eigenvalue weighted by atomic mass is 32.2. The lowest BCUT2D eigenvalue weighted by Gasteiger charge is -2.26. The van der Waals surface area contributed by atoms with E-state index in [0.717, 1.165) is 4.70 Å². The van der Waals surface area contributed by atoms with E-state index in [1.54, 1.807) is 18.2 Å². The minimum absolute atomic E-state index is 0.00199. The summed E-state index contributed by atoms with van der Waals surface area (Å²) in [5, 5.41) is 0.436. The summed E-state index contributed by atoms with van der Waals surface area (Å²) in [6, 6.07) is 6.27. The zero-order valence-electron chi connectivity index (χ0n) is 10.5. The molecule has 1 amide bonds. The van der Waals surface area contributed by atoms with Crippen molar-refractivity contribution in [3.8, 4) is 0 Å². The van der Waals surface area contributed by atoms with E-state index in [1.165, 1.54) is 22.3 Å². The summed E-state index contributed by atoms with van der Waals surface area (Å²) in [4.78, 5) is 14.3.